The number of rotatable bonds is 6. The van der Waals surface area contributed by atoms with Gasteiger partial charge >= 0.3 is 5.97 Å². The Hall–Kier alpha value is -2.31. The fourth-order valence-electron chi connectivity index (χ4n) is 1.39. The summed E-state index contributed by atoms with van der Waals surface area (Å²) < 4.78 is 22.4. The number of carboxylic acid groups (broad SMARTS) is 1. The number of alkyl halides is 1. The Morgan fingerprint density at radius 3 is 2.53 bits per heavy atom. The lowest BCUT2D eigenvalue weighted by atomic mass is 10.1. The largest absolute Gasteiger partial charge is 0.497 e. The molecule has 19 heavy (non-hydrogen) atoms. The molecule has 0 aliphatic carbocycles. The number of benzene rings is 1. The molecular weight excluding hydrogens is 257 g/mol. The van der Waals surface area contributed by atoms with Gasteiger partial charge in [-0.25, -0.2) is 9.18 Å². The minimum Gasteiger partial charge on any atom is -0.497 e. The summed E-state index contributed by atoms with van der Waals surface area (Å²) in [5.41, 5.74) is 0.0709. The van der Waals surface area contributed by atoms with E-state index in [1.54, 1.807) is 6.07 Å². The lowest BCUT2D eigenvalue weighted by molar-refractivity contribution is -0.139. The van der Waals surface area contributed by atoms with Crippen molar-refractivity contribution in [3.8, 4) is 11.5 Å². The third kappa shape index (κ3) is 3.57. The van der Waals surface area contributed by atoms with Gasteiger partial charge in [-0.15, -0.1) is 0 Å². The molecule has 0 aromatic heterocycles. The van der Waals surface area contributed by atoms with Crippen LogP contribution in [-0.2, 0) is 4.79 Å². The molecule has 2 N–H and O–H groups in total. The van der Waals surface area contributed by atoms with Gasteiger partial charge in [-0.3, -0.25) is 4.79 Å². The predicted octanol–water partition coefficient (Wildman–Crippen LogP) is 0.856. The molecule has 104 valence electrons. The van der Waals surface area contributed by atoms with E-state index in [2.05, 4.69) is 5.32 Å². The molecule has 0 saturated heterocycles. The van der Waals surface area contributed by atoms with Gasteiger partial charge in [-0.1, -0.05) is 0 Å². The summed E-state index contributed by atoms with van der Waals surface area (Å²) in [6, 6.07) is 2.87. The second-order valence-electron chi connectivity index (χ2n) is 3.58. The number of carbonyl (C=O) groups excluding carboxylic acids is 1. The third-order valence-corrected chi connectivity index (χ3v) is 2.41. The van der Waals surface area contributed by atoms with Crippen LogP contribution in [0.25, 0.3) is 0 Å². The van der Waals surface area contributed by atoms with Crippen LogP contribution in [0.3, 0.4) is 0 Å². The van der Waals surface area contributed by atoms with E-state index in [1.807, 2.05) is 0 Å². The Labute approximate surface area is 109 Å². The van der Waals surface area contributed by atoms with Crippen molar-refractivity contribution in [2.45, 2.75) is 6.04 Å². The Morgan fingerprint density at radius 1 is 1.37 bits per heavy atom. The van der Waals surface area contributed by atoms with Gasteiger partial charge in [-0.2, -0.15) is 0 Å². The molecule has 1 aromatic rings. The molecule has 1 unspecified atom stereocenters. The monoisotopic (exact) mass is 271 g/mol. The summed E-state index contributed by atoms with van der Waals surface area (Å²) in [4.78, 5) is 22.6. The van der Waals surface area contributed by atoms with Gasteiger partial charge in [0, 0.05) is 0 Å². The zero-order valence-corrected chi connectivity index (χ0v) is 10.5. The fourth-order valence-corrected chi connectivity index (χ4v) is 1.39. The van der Waals surface area contributed by atoms with Crippen molar-refractivity contribution in [3.05, 3.63) is 23.8 Å². The molecule has 1 atom stereocenters. The smallest absolute Gasteiger partial charge is 0.328 e. The molecular formula is C12H14FNO5. The van der Waals surface area contributed by atoms with Gasteiger partial charge in [0.2, 0.25) is 0 Å². The maximum absolute atomic E-state index is 12.5. The molecule has 1 amide bonds. The molecule has 0 spiro atoms. The van der Waals surface area contributed by atoms with Crippen molar-refractivity contribution in [2.24, 2.45) is 0 Å². The van der Waals surface area contributed by atoms with E-state index >= 15 is 0 Å². The Kier molecular flexibility index (Phi) is 5.11. The van der Waals surface area contributed by atoms with Gasteiger partial charge in [0.1, 0.15) is 18.2 Å². The molecule has 0 radical (unpaired) electrons. The van der Waals surface area contributed by atoms with Crippen LogP contribution in [0.2, 0.25) is 0 Å². The lowest BCUT2D eigenvalue weighted by Crippen LogP contribution is -2.42. The molecule has 1 aromatic carbocycles. The molecule has 0 aliphatic rings. The first-order valence-corrected chi connectivity index (χ1v) is 5.35. The second kappa shape index (κ2) is 6.58. The highest BCUT2D eigenvalue weighted by Gasteiger charge is 2.22. The number of carboxylic acids is 1. The van der Waals surface area contributed by atoms with Crippen LogP contribution in [-0.4, -0.2) is 43.9 Å². The lowest BCUT2D eigenvalue weighted by Gasteiger charge is -2.13. The molecule has 0 bridgehead atoms. The number of halogens is 1. The zero-order chi connectivity index (χ0) is 14.4. The van der Waals surface area contributed by atoms with Crippen LogP contribution in [0, 0.1) is 0 Å². The average Bonchev–Trinajstić information content (AvgIpc) is 2.43. The van der Waals surface area contributed by atoms with Crippen molar-refractivity contribution in [3.63, 3.8) is 0 Å². The third-order valence-electron chi connectivity index (χ3n) is 2.41. The summed E-state index contributed by atoms with van der Waals surface area (Å²) in [6.07, 6.45) is 0. The number of carbonyl (C=O) groups is 2. The van der Waals surface area contributed by atoms with Crippen molar-refractivity contribution in [1.82, 2.24) is 5.32 Å². The minimum atomic E-state index is -1.59. The Bertz CT molecular complexity index is 477. The van der Waals surface area contributed by atoms with Crippen molar-refractivity contribution < 1.29 is 28.6 Å². The molecule has 7 heteroatoms. The van der Waals surface area contributed by atoms with E-state index < -0.39 is 24.6 Å². The Morgan fingerprint density at radius 2 is 2.05 bits per heavy atom. The number of nitrogens with one attached hydrogen (secondary N) is 1. The second-order valence-corrected chi connectivity index (χ2v) is 3.58. The summed E-state index contributed by atoms with van der Waals surface area (Å²) in [6.45, 7) is -1.20. The molecule has 0 aliphatic heterocycles. The van der Waals surface area contributed by atoms with Crippen LogP contribution in [0.15, 0.2) is 18.2 Å². The fraction of sp³-hybridized carbons (Fsp3) is 0.333. The van der Waals surface area contributed by atoms with E-state index in [9.17, 15) is 14.0 Å². The topological polar surface area (TPSA) is 84.9 Å². The van der Waals surface area contributed by atoms with E-state index in [0.29, 0.717) is 5.75 Å². The molecule has 0 fully saturated rings. The molecule has 1 rings (SSSR count). The number of aliphatic carboxylic acids is 1. The first-order chi connectivity index (χ1) is 9.03. The summed E-state index contributed by atoms with van der Waals surface area (Å²) in [5.74, 6) is -1.56. The van der Waals surface area contributed by atoms with Gasteiger partial charge < -0.3 is 19.9 Å². The predicted molar refractivity (Wildman–Crippen MR) is 64.4 cm³/mol. The average molecular weight is 271 g/mol. The molecule has 0 saturated carbocycles. The molecule has 0 heterocycles. The maximum Gasteiger partial charge on any atom is 0.328 e. The van der Waals surface area contributed by atoms with E-state index in [0.717, 1.165) is 0 Å². The summed E-state index contributed by atoms with van der Waals surface area (Å²) >= 11 is 0. The highest BCUT2D eigenvalue weighted by Crippen LogP contribution is 2.23. The first kappa shape index (κ1) is 14.7. The van der Waals surface area contributed by atoms with E-state index in [4.69, 9.17) is 14.6 Å². The quantitative estimate of drug-likeness (QED) is 0.801. The normalized spacial score (nSPS) is 11.5. The van der Waals surface area contributed by atoms with Crippen LogP contribution >= 0.6 is 0 Å². The van der Waals surface area contributed by atoms with Crippen LogP contribution in [0.4, 0.5) is 4.39 Å². The van der Waals surface area contributed by atoms with Crippen LogP contribution in [0.5, 0.6) is 11.5 Å². The SMILES string of the molecule is COc1ccc(OC)c(C(=O)NC(CF)C(=O)O)c1. The number of ether oxygens (including phenoxy) is 2. The summed E-state index contributed by atoms with van der Waals surface area (Å²) in [7, 11) is 2.79. The van der Waals surface area contributed by atoms with Gasteiger partial charge in [-0.05, 0) is 18.2 Å². The summed E-state index contributed by atoms with van der Waals surface area (Å²) in [5, 5.41) is 10.7. The number of methoxy groups -OCH3 is 2. The van der Waals surface area contributed by atoms with E-state index in [1.165, 1.54) is 26.4 Å². The van der Waals surface area contributed by atoms with E-state index in [-0.39, 0.29) is 11.3 Å². The van der Waals surface area contributed by atoms with Crippen molar-refractivity contribution in [1.29, 1.82) is 0 Å². The number of hydrogen-bond donors (Lipinski definition) is 2. The first-order valence-electron chi connectivity index (χ1n) is 5.35. The minimum absolute atomic E-state index is 0.0709. The van der Waals surface area contributed by atoms with Gasteiger partial charge in [0.15, 0.2) is 6.04 Å². The Balaban J connectivity index is 3.00. The number of hydrogen-bond acceptors (Lipinski definition) is 4. The maximum atomic E-state index is 12.5. The van der Waals surface area contributed by atoms with Gasteiger partial charge in [0.25, 0.3) is 5.91 Å². The van der Waals surface area contributed by atoms with Crippen molar-refractivity contribution in [2.75, 3.05) is 20.9 Å². The standard InChI is InChI=1S/C12H14FNO5/c1-18-7-3-4-10(19-2)8(5-7)11(15)14-9(6-13)12(16)17/h3-5,9H,6H2,1-2H3,(H,14,15)(H,16,17). The van der Waals surface area contributed by atoms with Crippen molar-refractivity contribution >= 4 is 11.9 Å². The van der Waals surface area contributed by atoms with Gasteiger partial charge in [0.05, 0.1) is 19.8 Å². The van der Waals surface area contributed by atoms with Crippen LogP contribution < -0.4 is 14.8 Å². The number of amides is 1. The highest BCUT2D eigenvalue weighted by atomic mass is 19.1. The van der Waals surface area contributed by atoms with Crippen LogP contribution in [0.1, 0.15) is 10.4 Å². The molecule has 6 nitrogen and oxygen atoms in total. The highest BCUT2D eigenvalue weighted by molar-refractivity contribution is 5.99. The zero-order valence-electron chi connectivity index (χ0n) is 10.5.